The summed E-state index contributed by atoms with van der Waals surface area (Å²) in [5.41, 5.74) is 0.308. The van der Waals surface area contributed by atoms with Gasteiger partial charge in [0, 0.05) is 0 Å². The third-order valence-corrected chi connectivity index (χ3v) is 2.43. The number of benzene rings is 1. The molecule has 1 heterocycles. The van der Waals surface area contributed by atoms with Crippen molar-refractivity contribution in [3.8, 4) is 0 Å². The maximum atomic E-state index is 11.8. The average Bonchev–Trinajstić information content (AvgIpc) is 2.99. The number of esters is 1. The summed E-state index contributed by atoms with van der Waals surface area (Å²) >= 11 is 0. The summed E-state index contributed by atoms with van der Waals surface area (Å²) in [6, 6.07) is 6.16. The molecule has 0 aliphatic carbocycles. The standard InChI is InChI=1S/C12H11N5O4/c1-21-11(20)7-4-2-3-5-8(7)15-9(18)10(19)16-12-13-6-14-17-12/h2-6H,1H3,(H,15,18)(H2,13,14,16,17,19). The first-order chi connectivity index (χ1) is 10.1. The molecule has 0 saturated carbocycles. The Labute approximate surface area is 118 Å². The fourth-order valence-electron chi connectivity index (χ4n) is 1.49. The highest BCUT2D eigenvalue weighted by Gasteiger charge is 2.18. The Morgan fingerprint density at radius 2 is 1.86 bits per heavy atom. The first-order valence-corrected chi connectivity index (χ1v) is 5.77. The van der Waals surface area contributed by atoms with Crippen LogP contribution in [-0.4, -0.2) is 40.1 Å². The van der Waals surface area contributed by atoms with Gasteiger partial charge in [-0.05, 0) is 12.1 Å². The van der Waals surface area contributed by atoms with E-state index in [0.717, 1.165) is 0 Å². The van der Waals surface area contributed by atoms with Gasteiger partial charge in [-0.2, -0.15) is 10.1 Å². The molecule has 0 radical (unpaired) electrons. The smallest absolute Gasteiger partial charge is 0.339 e. The van der Waals surface area contributed by atoms with Crippen LogP contribution in [0.4, 0.5) is 11.6 Å². The molecule has 2 rings (SSSR count). The number of methoxy groups -OCH3 is 1. The van der Waals surface area contributed by atoms with Crippen LogP contribution < -0.4 is 10.6 Å². The normalized spacial score (nSPS) is 9.76. The quantitative estimate of drug-likeness (QED) is 0.546. The maximum absolute atomic E-state index is 11.8. The van der Waals surface area contributed by atoms with Crippen LogP contribution in [0, 0.1) is 0 Å². The van der Waals surface area contributed by atoms with Gasteiger partial charge in [-0.25, -0.2) is 9.89 Å². The minimum absolute atomic E-state index is 0.0383. The van der Waals surface area contributed by atoms with Gasteiger partial charge in [0.1, 0.15) is 6.33 Å². The topological polar surface area (TPSA) is 126 Å². The molecule has 3 N–H and O–H groups in total. The number of aromatic nitrogens is 3. The van der Waals surface area contributed by atoms with Crippen molar-refractivity contribution in [2.24, 2.45) is 0 Å². The monoisotopic (exact) mass is 289 g/mol. The third kappa shape index (κ3) is 3.41. The summed E-state index contributed by atoms with van der Waals surface area (Å²) in [5, 5.41) is 10.4. The van der Waals surface area contributed by atoms with E-state index in [1.54, 1.807) is 12.1 Å². The van der Waals surface area contributed by atoms with Crippen molar-refractivity contribution < 1.29 is 19.1 Å². The zero-order valence-corrected chi connectivity index (χ0v) is 10.9. The fourth-order valence-corrected chi connectivity index (χ4v) is 1.49. The van der Waals surface area contributed by atoms with Crippen LogP contribution in [0.1, 0.15) is 10.4 Å². The van der Waals surface area contributed by atoms with E-state index < -0.39 is 17.8 Å². The summed E-state index contributed by atoms with van der Waals surface area (Å²) in [6.07, 6.45) is 1.18. The largest absolute Gasteiger partial charge is 0.465 e. The molecule has 9 heteroatoms. The number of ether oxygens (including phenoxy) is 1. The van der Waals surface area contributed by atoms with E-state index in [4.69, 9.17) is 0 Å². The van der Waals surface area contributed by atoms with Crippen molar-refractivity contribution in [1.82, 2.24) is 15.2 Å². The van der Waals surface area contributed by atoms with E-state index in [2.05, 4.69) is 30.6 Å². The molecule has 0 atom stereocenters. The average molecular weight is 289 g/mol. The van der Waals surface area contributed by atoms with E-state index in [9.17, 15) is 14.4 Å². The molecule has 0 fully saturated rings. The molecule has 0 aliphatic heterocycles. The van der Waals surface area contributed by atoms with Crippen LogP contribution >= 0.6 is 0 Å². The van der Waals surface area contributed by atoms with Gasteiger partial charge >= 0.3 is 17.8 Å². The van der Waals surface area contributed by atoms with Gasteiger partial charge in [-0.1, -0.05) is 12.1 Å². The lowest BCUT2D eigenvalue weighted by Gasteiger charge is -2.08. The molecule has 2 amide bonds. The number of aromatic amines is 1. The number of hydrogen-bond acceptors (Lipinski definition) is 6. The van der Waals surface area contributed by atoms with Crippen LogP contribution in [-0.2, 0) is 14.3 Å². The van der Waals surface area contributed by atoms with Gasteiger partial charge in [-0.3, -0.25) is 14.9 Å². The predicted molar refractivity (Wildman–Crippen MR) is 71.4 cm³/mol. The number of H-pyrrole nitrogens is 1. The predicted octanol–water partition coefficient (Wildman–Crippen LogP) is 0.168. The molecule has 0 spiro atoms. The van der Waals surface area contributed by atoms with Crippen molar-refractivity contribution in [3.05, 3.63) is 36.2 Å². The van der Waals surface area contributed by atoms with Gasteiger partial charge < -0.3 is 10.1 Å². The third-order valence-electron chi connectivity index (χ3n) is 2.43. The zero-order valence-electron chi connectivity index (χ0n) is 10.9. The molecule has 1 aromatic heterocycles. The van der Waals surface area contributed by atoms with Gasteiger partial charge in [0.25, 0.3) is 0 Å². The molecule has 1 aromatic carbocycles. The van der Waals surface area contributed by atoms with Crippen molar-refractivity contribution >= 4 is 29.4 Å². The molecular weight excluding hydrogens is 278 g/mol. The van der Waals surface area contributed by atoms with Crippen molar-refractivity contribution in [3.63, 3.8) is 0 Å². The number of rotatable bonds is 3. The lowest BCUT2D eigenvalue weighted by atomic mass is 10.2. The molecule has 9 nitrogen and oxygen atoms in total. The molecule has 0 saturated heterocycles. The Morgan fingerprint density at radius 1 is 1.14 bits per heavy atom. The number of carbonyl (C=O) groups is 3. The van der Waals surface area contributed by atoms with Gasteiger partial charge in [-0.15, -0.1) is 0 Å². The van der Waals surface area contributed by atoms with Gasteiger partial charge in [0.15, 0.2) is 0 Å². The highest BCUT2D eigenvalue weighted by Crippen LogP contribution is 2.15. The first kappa shape index (κ1) is 14.2. The molecular formula is C12H11N5O4. The Morgan fingerprint density at radius 3 is 2.52 bits per heavy atom. The van der Waals surface area contributed by atoms with Crippen LogP contribution in [0.15, 0.2) is 30.6 Å². The van der Waals surface area contributed by atoms with E-state index in [0.29, 0.717) is 0 Å². The number of para-hydroxylation sites is 1. The zero-order chi connectivity index (χ0) is 15.2. The SMILES string of the molecule is COC(=O)c1ccccc1NC(=O)C(=O)Nc1ncn[nH]1. The summed E-state index contributed by atoms with van der Waals surface area (Å²) in [5.74, 6) is -2.49. The molecule has 108 valence electrons. The Hall–Kier alpha value is -3.23. The summed E-state index contributed by atoms with van der Waals surface area (Å²) in [6.45, 7) is 0. The summed E-state index contributed by atoms with van der Waals surface area (Å²) in [7, 11) is 1.22. The van der Waals surface area contributed by atoms with Gasteiger partial charge in [0.2, 0.25) is 5.95 Å². The maximum Gasteiger partial charge on any atom is 0.339 e. The minimum Gasteiger partial charge on any atom is -0.465 e. The number of anilines is 2. The lowest BCUT2D eigenvalue weighted by molar-refractivity contribution is -0.133. The molecule has 21 heavy (non-hydrogen) atoms. The first-order valence-electron chi connectivity index (χ1n) is 5.77. The highest BCUT2D eigenvalue weighted by atomic mass is 16.5. The summed E-state index contributed by atoms with van der Waals surface area (Å²) < 4.78 is 4.59. The van der Waals surface area contributed by atoms with E-state index >= 15 is 0 Å². The molecule has 0 unspecified atom stereocenters. The second kappa shape index (κ2) is 6.28. The second-order valence-electron chi connectivity index (χ2n) is 3.78. The van der Waals surface area contributed by atoms with Crippen LogP contribution in [0.5, 0.6) is 0 Å². The lowest BCUT2D eigenvalue weighted by Crippen LogP contribution is -2.30. The number of amides is 2. The Kier molecular flexibility index (Phi) is 4.24. The fraction of sp³-hybridized carbons (Fsp3) is 0.0833. The molecule has 0 aliphatic rings. The number of nitrogens with zero attached hydrogens (tertiary/aromatic N) is 2. The minimum atomic E-state index is -0.956. The van der Waals surface area contributed by atoms with Crippen molar-refractivity contribution in [2.45, 2.75) is 0 Å². The molecule has 2 aromatic rings. The van der Waals surface area contributed by atoms with E-state index in [1.165, 1.54) is 25.6 Å². The van der Waals surface area contributed by atoms with Crippen LogP contribution in [0.25, 0.3) is 0 Å². The molecule has 0 bridgehead atoms. The Bertz CT molecular complexity index is 668. The summed E-state index contributed by atoms with van der Waals surface area (Å²) in [4.78, 5) is 38.6. The second-order valence-corrected chi connectivity index (χ2v) is 3.78. The number of nitrogens with one attached hydrogen (secondary N) is 3. The van der Waals surface area contributed by atoms with E-state index in [-0.39, 0.29) is 17.2 Å². The number of carbonyl (C=O) groups excluding carboxylic acids is 3. The van der Waals surface area contributed by atoms with Crippen LogP contribution in [0.2, 0.25) is 0 Å². The van der Waals surface area contributed by atoms with Crippen LogP contribution in [0.3, 0.4) is 0 Å². The van der Waals surface area contributed by atoms with Crippen molar-refractivity contribution in [2.75, 3.05) is 17.7 Å². The highest BCUT2D eigenvalue weighted by molar-refractivity contribution is 6.43. The number of hydrogen-bond donors (Lipinski definition) is 3. The van der Waals surface area contributed by atoms with Gasteiger partial charge in [0.05, 0.1) is 18.4 Å². The van der Waals surface area contributed by atoms with E-state index in [1.807, 2.05) is 0 Å². The van der Waals surface area contributed by atoms with Crippen molar-refractivity contribution in [1.29, 1.82) is 0 Å². The Balaban J connectivity index is 2.09.